The van der Waals surface area contributed by atoms with Crippen LogP contribution < -0.4 is 5.32 Å². The normalized spacial score (nSPS) is 11.8. The molecular formula is C18H14FN3O3S2. The number of nitro groups is 1. The maximum atomic E-state index is 13.0. The fraction of sp³-hybridized carbons (Fsp3) is 0.111. The first-order chi connectivity index (χ1) is 12.9. The third kappa shape index (κ3) is 4.89. The highest BCUT2D eigenvalue weighted by Crippen LogP contribution is 2.28. The zero-order valence-electron chi connectivity index (χ0n) is 14.1. The molecule has 1 aromatic heterocycles. The molecule has 0 spiro atoms. The molecule has 0 radical (unpaired) electrons. The van der Waals surface area contributed by atoms with Gasteiger partial charge in [-0.3, -0.25) is 14.9 Å². The molecular weight excluding hydrogens is 389 g/mol. The molecule has 138 valence electrons. The van der Waals surface area contributed by atoms with Gasteiger partial charge < -0.3 is 5.32 Å². The number of nitrogens with one attached hydrogen (secondary N) is 1. The molecule has 27 heavy (non-hydrogen) atoms. The lowest BCUT2D eigenvalue weighted by Gasteiger charge is -2.10. The van der Waals surface area contributed by atoms with Crippen molar-refractivity contribution < 1.29 is 14.1 Å². The molecule has 6 nitrogen and oxygen atoms in total. The minimum atomic E-state index is -0.467. The van der Waals surface area contributed by atoms with E-state index in [1.54, 1.807) is 36.6 Å². The lowest BCUT2D eigenvalue weighted by molar-refractivity contribution is -0.384. The minimum Gasteiger partial charge on any atom is -0.301 e. The van der Waals surface area contributed by atoms with Gasteiger partial charge >= 0.3 is 0 Å². The Morgan fingerprint density at radius 2 is 1.89 bits per heavy atom. The predicted molar refractivity (Wildman–Crippen MR) is 105 cm³/mol. The number of benzene rings is 2. The second kappa shape index (κ2) is 8.28. The number of amides is 1. The number of thioether (sulfide) groups is 1. The van der Waals surface area contributed by atoms with E-state index in [0.29, 0.717) is 10.8 Å². The van der Waals surface area contributed by atoms with Gasteiger partial charge in [-0.2, -0.15) is 0 Å². The van der Waals surface area contributed by atoms with Gasteiger partial charge in [-0.25, -0.2) is 9.37 Å². The average molecular weight is 403 g/mol. The highest BCUT2D eigenvalue weighted by molar-refractivity contribution is 8.00. The monoisotopic (exact) mass is 403 g/mol. The number of hydrogen-bond donors (Lipinski definition) is 1. The van der Waals surface area contributed by atoms with Gasteiger partial charge in [0.1, 0.15) is 5.82 Å². The maximum absolute atomic E-state index is 13.0. The molecule has 3 rings (SSSR count). The summed E-state index contributed by atoms with van der Waals surface area (Å²) in [5, 5.41) is 15.3. The highest BCUT2D eigenvalue weighted by atomic mass is 32.2. The Balaban J connectivity index is 1.61. The number of non-ortho nitro benzene ring substituents is 1. The van der Waals surface area contributed by atoms with Gasteiger partial charge in [0.05, 0.1) is 15.9 Å². The van der Waals surface area contributed by atoms with E-state index in [4.69, 9.17) is 0 Å². The van der Waals surface area contributed by atoms with Crippen LogP contribution in [-0.4, -0.2) is 21.1 Å². The van der Waals surface area contributed by atoms with E-state index < -0.39 is 10.2 Å². The van der Waals surface area contributed by atoms with E-state index in [2.05, 4.69) is 10.3 Å². The zero-order chi connectivity index (χ0) is 19.4. The summed E-state index contributed by atoms with van der Waals surface area (Å²) >= 11 is 2.58. The summed E-state index contributed by atoms with van der Waals surface area (Å²) in [6.45, 7) is 1.75. The number of nitrogens with zero attached hydrogens (tertiary/aromatic N) is 2. The highest BCUT2D eigenvalue weighted by Gasteiger charge is 2.17. The van der Waals surface area contributed by atoms with Crippen LogP contribution in [0.5, 0.6) is 0 Å². The van der Waals surface area contributed by atoms with Gasteiger partial charge in [-0.05, 0) is 43.3 Å². The third-order valence-corrected chi connectivity index (χ3v) is 5.47. The molecule has 0 bridgehead atoms. The largest absolute Gasteiger partial charge is 0.301 e. The number of carbonyl (C=O) groups is 1. The number of hydrogen-bond acceptors (Lipinski definition) is 6. The van der Waals surface area contributed by atoms with E-state index in [-0.39, 0.29) is 17.4 Å². The van der Waals surface area contributed by atoms with E-state index >= 15 is 0 Å². The fourth-order valence-electron chi connectivity index (χ4n) is 2.20. The molecule has 0 aliphatic heterocycles. The van der Waals surface area contributed by atoms with Crippen molar-refractivity contribution >= 4 is 39.8 Å². The Morgan fingerprint density at radius 3 is 2.52 bits per heavy atom. The summed E-state index contributed by atoms with van der Waals surface area (Å²) in [6.07, 6.45) is 0. The van der Waals surface area contributed by atoms with Crippen molar-refractivity contribution in [3.8, 4) is 11.3 Å². The summed E-state index contributed by atoms with van der Waals surface area (Å²) in [5.41, 5.74) is 1.43. The second-order valence-corrected chi connectivity index (χ2v) is 7.82. The molecule has 1 atom stereocenters. The maximum Gasteiger partial charge on any atom is 0.269 e. The molecule has 2 aromatic carbocycles. The number of thiazole rings is 1. The number of nitro benzene ring substituents is 1. The van der Waals surface area contributed by atoms with E-state index in [0.717, 1.165) is 10.5 Å². The number of aromatic nitrogens is 1. The Labute approximate surface area is 162 Å². The number of anilines is 1. The molecule has 0 aliphatic rings. The van der Waals surface area contributed by atoms with Gasteiger partial charge in [0, 0.05) is 28.0 Å². The standard InChI is InChI=1S/C18H14FN3O3S2/c1-11(27-15-8-6-14(7-9-15)22(24)25)17(23)21-18-20-16(10-26-18)12-2-4-13(19)5-3-12/h2-11H,1H3,(H,20,21,23). The molecule has 9 heteroatoms. The van der Waals surface area contributed by atoms with Gasteiger partial charge in [0.15, 0.2) is 5.13 Å². The molecule has 1 unspecified atom stereocenters. The van der Waals surface area contributed by atoms with Crippen LogP contribution >= 0.6 is 23.1 Å². The average Bonchev–Trinajstić information content (AvgIpc) is 3.11. The molecule has 1 amide bonds. The van der Waals surface area contributed by atoms with Crippen molar-refractivity contribution in [3.63, 3.8) is 0 Å². The van der Waals surface area contributed by atoms with Crippen molar-refractivity contribution in [1.29, 1.82) is 0 Å². The number of halogens is 1. The first kappa shape index (κ1) is 19.0. The first-order valence-corrected chi connectivity index (χ1v) is 9.62. The van der Waals surface area contributed by atoms with Gasteiger partial charge in [-0.1, -0.05) is 0 Å². The second-order valence-electron chi connectivity index (χ2n) is 5.55. The first-order valence-electron chi connectivity index (χ1n) is 7.86. The minimum absolute atomic E-state index is 0.00700. The van der Waals surface area contributed by atoms with Crippen LogP contribution in [0.25, 0.3) is 11.3 Å². The SMILES string of the molecule is CC(Sc1ccc([N+](=O)[O-])cc1)C(=O)Nc1nc(-c2ccc(F)cc2)cs1. The van der Waals surface area contributed by atoms with E-state index in [1.165, 1.54) is 47.4 Å². The fourth-order valence-corrected chi connectivity index (χ4v) is 3.79. The summed E-state index contributed by atoms with van der Waals surface area (Å²) in [5.74, 6) is -0.544. The summed E-state index contributed by atoms with van der Waals surface area (Å²) in [6, 6.07) is 12.0. The van der Waals surface area contributed by atoms with Crippen LogP contribution in [0.3, 0.4) is 0 Å². The summed E-state index contributed by atoms with van der Waals surface area (Å²) in [7, 11) is 0. The van der Waals surface area contributed by atoms with Gasteiger partial charge in [-0.15, -0.1) is 23.1 Å². The summed E-state index contributed by atoms with van der Waals surface area (Å²) < 4.78 is 13.0. The van der Waals surface area contributed by atoms with Crippen LogP contribution in [0.1, 0.15) is 6.92 Å². The lowest BCUT2D eigenvalue weighted by atomic mass is 10.2. The Kier molecular flexibility index (Phi) is 5.82. The molecule has 1 N–H and O–H groups in total. The lowest BCUT2D eigenvalue weighted by Crippen LogP contribution is -2.22. The Morgan fingerprint density at radius 1 is 1.22 bits per heavy atom. The van der Waals surface area contributed by atoms with Crippen molar-refractivity contribution in [3.05, 3.63) is 69.8 Å². The van der Waals surface area contributed by atoms with Gasteiger partial charge in [0.25, 0.3) is 5.69 Å². The molecule has 1 heterocycles. The zero-order valence-corrected chi connectivity index (χ0v) is 15.7. The van der Waals surface area contributed by atoms with Crippen molar-refractivity contribution in [1.82, 2.24) is 4.98 Å². The number of rotatable bonds is 6. The van der Waals surface area contributed by atoms with Crippen LogP contribution in [0, 0.1) is 15.9 Å². The molecule has 0 fully saturated rings. The molecule has 0 aliphatic carbocycles. The Bertz CT molecular complexity index is 959. The topological polar surface area (TPSA) is 85.1 Å². The van der Waals surface area contributed by atoms with Crippen LogP contribution in [0.2, 0.25) is 0 Å². The summed E-state index contributed by atoms with van der Waals surface area (Å²) in [4.78, 5) is 27.7. The predicted octanol–water partition coefficient (Wildman–Crippen LogP) is 4.98. The quantitative estimate of drug-likeness (QED) is 0.357. The van der Waals surface area contributed by atoms with E-state index in [9.17, 15) is 19.3 Å². The van der Waals surface area contributed by atoms with Crippen molar-refractivity contribution in [2.24, 2.45) is 0 Å². The Hall–Kier alpha value is -2.78. The molecule has 0 saturated heterocycles. The molecule has 3 aromatic rings. The van der Waals surface area contributed by atoms with Crippen LogP contribution in [0.4, 0.5) is 15.2 Å². The van der Waals surface area contributed by atoms with Crippen molar-refractivity contribution in [2.45, 2.75) is 17.1 Å². The number of carbonyl (C=O) groups excluding carboxylic acids is 1. The third-order valence-electron chi connectivity index (χ3n) is 3.60. The van der Waals surface area contributed by atoms with Gasteiger partial charge in [0.2, 0.25) is 5.91 Å². The van der Waals surface area contributed by atoms with E-state index in [1.807, 2.05) is 0 Å². The smallest absolute Gasteiger partial charge is 0.269 e. The van der Waals surface area contributed by atoms with Crippen molar-refractivity contribution in [2.75, 3.05) is 5.32 Å². The van der Waals surface area contributed by atoms with Crippen LogP contribution in [-0.2, 0) is 4.79 Å². The molecule has 0 saturated carbocycles. The van der Waals surface area contributed by atoms with Crippen LogP contribution in [0.15, 0.2) is 58.8 Å².